The van der Waals surface area contributed by atoms with Crippen LogP contribution in [0.1, 0.15) is 32.7 Å². The van der Waals surface area contributed by atoms with Gasteiger partial charge in [0.2, 0.25) is 0 Å². The molecule has 0 bridgehead atoms. The second kappa shape index (κ2) is 7.54. The fourth-order valence-electron chi connectivity index (χ4n) is 3.28. The Kier molecular flexibility index (Phi) is 5.19. The minimum Gasteiger partial charge on any atom is -0.336 e. The standard InChI is InChI=1S/C20H22N4O2/c1-14-4-3-5-16(10-14)13-23-6-8-24(9-7-23)20(26)18-11-17(12-21)19(25)22-15(18)2/h3-5,10-11H,6-9,13H2,1-2H3,(H,22,25). The molecular formula is C20H22N4O2. The number of aromatic amines is 1. The number of carbonyl (C=O) groups excluding carboxylic acids is 1. The third-order valence-corrected chi connectivity index (χ3v) is 4.74. The van der Waals surface area contributed by atoms with Crippen molar-refractivity contribution in [3.8, 4) is 6.07 Å². The molecule has 26 heavy (non-hydrogen) atoms. The van der Waals surface area contributed by atoms with Gasteiger partial charge in [-0.1, -0.05) is 29.8 Å². The van der Waals surface area contributed by atoms with Gasteiger partial charge in [-0.25, -0.2) is 0 Å². The number of hydrogen-bond donors (Lipinski definition) is 1. The van der Waals surface area contributed by atoms with E-state index in [-0.39, 0.29) is 11.5 Å². The van der Waals surface area contributed by atoms with E-state index < -0.39 is 5.56 Å². The molecule has 0 saturated carbocycles. The van der Waals surface area contributed by atoms with Gasteiger partial charge >= 0.3 is 0 Å². The molecule has 2 aromatic rings. The molecule has 0 aliphatic carbocycles. The van der Waals surface area contributed by atoms with Crippen molar-refractivity contribution in [1.82, 2.24) is 14.8 Å². The molecule has 0 atom stereocenters. The predicted octanol–water partition coefficient (Wildman–Crippen LogP) is 1.82. The fraction of sp³-hybridized carbons (Fsp3) is 0.350. The molecule has 6 heteroatoms. The van der Waals surface area contributed by atoms with Crippen LogP contribution >= 0.6 is 0 Å². The maximum atomic E-state index is 12.8. The summed E-state index contributed by atoms with van der Waals surface area (Å²) in [6.45, 7) is 7.50. The highest BCUT2D eigenvalue weighted by molar-refractivity contribution is 5.95. The van der Waals surface area contributed by atoms with Crippen molar-refractivity contribution in [2.45, 2.75) is 20.4 Å². The first-order valence-electron chi connectivity index (χ1n) is 8.69. The Hall–Kier alpha value is -2.91. The van der Waals surface area contributed by atoms with Crippen LogP contribution in [0.5, 0.6) is 0 Å². The summed E-state index contributed by atoms with van der Waals surface area (Å²) in [7, 11) is 0. The zero-order chi connectivity index (χ0) is 18.7. The molecule has 134 valence electrons. The van der Waals surface area contributed by atoms with Gasteiger partial charge in [-0.3, -0.25) is 14.5 Å². The van der Waals surface area contributed by atoms with Gasteiger partial charge in [0.1, 0.15) is 11.6 Å². The van der Waals surface area contributed by atoms with Crippen molar-refractivity contribution in [1.29, 1.82) is 5.26 Å². The van der Waals surface area contributed by atoms with Crippen molar-refractivity contribution in [3.63, 3.8) is 0 Å². The SMILES string of the molecule is Cc1cccc(CN2CCN(C(=O)c3cc(C#N)c(=O)[nH]c3C)CC2)c1. The largest absolute Gasteiger partial charge is 0.336 e. The number of nitrogens with zero attached hydrogens (tertiary/aromatic N) is 3. The number of nitrogens with one attached hydrogen (secondary N) is 1. The molecule has 3 rings (SSSR count). The average molecular weight is 350 g/mol. The van der Waals surface area contributed by atoms with Gasteiger partial charge in [0.25, 0.3) is 11.5 Å². The highest BCUT2D eigenvalue weighted by Gasteiger charge is 2.24. The monoisotopic (exact) mass is 350 g/mol. The van der Waals surface area contributed by atoms with E-state index >= 15 is 0 Å². The lowest BCUT2D eigenvalue weighted by Gasteiger charge is -2.35. The molecule has 1 aliphatic rings. The third kappa shape index (κ3) is 3.84. The molecule has 1 aromatic carbocycles. The summed E-state index contributed by atoms with van der Waals surface area (Å²) in [4.78, 5) is 31.1. The lowest BCUT2D eigenvalue weighted by Crippen LogP contribution is -2.48. The lowest BCUT2D eigenvalue weighted by atomic mass is 10.1. The first-order chi connectivity index (χ1) is 12.5. The van der Waals surface area contributed by atoms with Gasteiger partial charge in [0.05, 0.1) is 5.56 Å². The van der Waals surface area contributed by atoms with Gasteiger partial charge in [-0.2, -0.15) is 5.26 Å². The Bertz CT molecular complexity index is 918. The number of amides is 1. The number of piperazine rings is 1. The molecule has 2 heterocycles. The first-order valence-corrected chi connectivity index (χ1v) is 8.69. The van der Waals surface area contributed by atoms with Gasteiger partial charge < -0.3 is 9.88 Å². The summed E-state index contributed by atoms with van der Waals surface area (Å²) < 4.78 is 0. The number of aryl methyl sites for hydroxylation is 2. The van der Waals surface area contributed by atoms with Crippen LogP contribution in [0.15, 0.2) is 35.1 Å². The third-order valence-electron chi connectivity index (χ3n) is 4.74. The molecule has 6 nitrogen and oxygen atoms in total. The van der Waals surface area contributed by atoms with E-state index in [2.05, 4.69) is 41.1 Å². The van der Waals surface area contributed by atoms with Crippen molar-refractivity contribution < 1.29 is 4.79 Å². The van der Waals surface area contributed by atoms with Crippen molar-refractivity contribution in [2.24, 2.45) is 0 Å². The molecule has 0 unspecified atom stereocenters. The van der Waals surface area contributed by atoms with Gasteiger partial charge in [-0.05, 0) is 25.5 Å². The number of pyridine rings is 1. The molecule has 1 aliphatic heterocycles. The second-order valence-electron chi connectivity index (χ2n) is 6.72. The van der Waals surface area contributed by atoms with E-state index in [0.717, 1.165) is 19.6 Å². The topological polar surface area (TPSA) is 80.2 Å². The van der Waals surface area contributed by atoms with Crippen molar-refractivity contribution in [3.05, 3.63) is 68.6 Å². The van der Waals surface area contributed by atoms with Crippen molar-refractivity contribution in [2.75, 3.05) is 26.2 Å². The predicted molar refractivity (Wildman–Crippen MR) is 98.9 cm³/mol. The van der Waals surface area contributed by atoms with Crippen LogP contribution in [0, 0.1) is 25.2 Å². The lowest BCUT2D eigenvalue weighted by molar-refractivity contribution is 0.0627. The van der Waals surface area contributed by atoms with E-state index in [1.54, 1.807) is 11.8 Å². The summed E-state index contributed by atoms with van der Waals surface area (Å²) in [5.74, 6) is -0.134. The normalized spacial score (nSPS) is 14.9. The Morgan fingerprint density at radius 2 is 1.92 bits per heavy atom. The van der Waals surface area contributed by atoms with E-state index in [9.17, 15) is 9.59 Å². The Morgan fingerprint density at radius 3 is 2.58 bits per heavy atom. The molecule has 1 N–H and O–H groups in total. The quantitative estimate of drug-likeness (QED) is 0.916. The van der Waals surface area contributed by atoms with Gasteiger partial charge in [0.15, 0.2) is 0 Å². The zero-order valence-electron chi connectivity index (χ0n) is 15.1. The highest BCUT2D eigenvalue weighted by atomic mass is 16.2. The Balaban J connectivity index is 1.66. The smallest absolute Gasteiger partial charge is 0.266 e. The highest BCUT2D eigenvalue weighted by Crippen LogP contribution is 2.14. The molecule has 0 radical (unpaired) electrons. The molecule has 1 aromatic heterocycles. The van der Waals surface area contributed by atoms with E-state index in [0.29, 0.717) is 24.3 Å². The van der Waals surface area contributed by atoms with E-state index in [1.807, 2.05) is 6.07 Å². The van der Waals surface area contributed by atoms with Crippen LogP contribution in [0.3, 0.4) is 0 Å². The minimum absolute atomic E-state index is 0.0305. The van der Waals surface area contributed by atoms with Crippen LogP contribution in [0.2, 0.25) is 0 Å². The minimum atomic E-state index is -0.454. The summed E-state index contributed by atoms with van der Waals surface area (Å²) in [6.07, 6.45) is 0. The average Bonchev–Trinajstić information content (AvgIpc) is 2.62. The second-order valence-corrected chi connectivity index (χ2v) is 6.72. The molecule has 0 spiro atoms. The maximum absolute atomic E-state index is 12.8. The Labute approximate surface area is 152 Å². The van der Waals surface area contributed by atoms with Crippen LogP contribution < -0.4 is 5.56 Å². The summed E-state index contributed by atoms with van der Waals surface area (Å²) >= 11 is 0. The fourth-order valence-corrected chi connectivity index (χ4v) is 3.28. The first kappa shape index (κ1) is 17.9. The van der Waals surface area contributed by atoms with Crippen LogP contribution in [0.25, 0.3) is 0 Å². The molecule has 1 fully saturated rings. The number of rotatable bonds is 3. The van der Waals surface area contributed by atoms with Crippen LogP contribution in [-0.4, -0.2) is 46.9 Å². The zero-order valence-corrected chi connectivity index (χ0v) is 15.1. The van der Waals surface area contributed by atoms with Crippen molar-refractivity contribution >= 4 is 5.91 Å². The Morgan fingerprint density at radius 1 is 1.19 bits per heavy atom. The maximum Gasteiger partial charge on any atom is 0.266 e. The number of nitriles is 1. The van der Waals surface area contributed by atoms with Crippen LogP contribution in [0.4, 0.5) is 0 Å². The number of benzene rings is 1. The number of H-pyrrole nitrogens is 1. The van der Waals surface area contributed by atoms with E-state index in [1.165, 1.54) is 17.2 Å². The van der Waals surface area contributed by atoms with Gasteiger partial charge in [0, 0.05) is 38.4 Å². The summed E-state index contributed by atoms with van der Waals surface area (Å²) in [5.41, 5.74) is 2.94. The van der Waals surface area contributed by atoms with Crippen LogP contribution in [-0.2, 0) is 6.54 Å². The number of aromatic nitrogens is 1. The number of carbonyl (C=O) groups is 1. The number of hydrogen-bond acceptors (Lipinski definition) is 4. The summed E-state index contributed by atoms with van der Waals surface area (Å²) in [6, 6.07) is 11.7. The molecule has 1 amide bonds. The summed E-state index contributed by atoms with van der Waals surface area (Å²) in [5, 5.41) is 9.02. The molecular weight excluding hydrogens is 328 g/mol. The van der Waals surface area contributed by atoms with Gasteiger partial charge in [-0.15, -0.1) is 0 Å². The van der Waals surface area contributed by atoms with E-state index in [4.69, 9.17) is 5.26 Å². The molecule has 1 saturated heterocycles.